The molecule has 0 aliphatic rings. The summed E-state index contributed by atoms with van der Waals surface area (Å²) in [6, 6.07) is 10.2. The van der Waals surface area contributed by atoms with Crippen LogP contribution in [0, 0.1) is 6.92 Å². The van der Waals surface area contributed by atoms with Gasteiger partial charge in [-0.1, -0.05) is 12.1 Å². The average molecular weight is 201 g/mol. The summed E-state index contributed by atoms with van der Waals surface area (Å²) in [7, 11) is 0. The van der Waals surface area contributed by atoms with E-state index in [2.05, 4.69) is 17.1 Å². The van der Waals surface area contributed by atoms with E-state index in [1.165, 1.54) is 0 Å². The number of rotatable bonds is 2. The van der Waals surface area contributed by atoms with Crippen LogP contribution in [0.4, 0.5) is 0 Å². The van der Waals surface area contributed by atoms with Gasteiger partial charge in [-0.15, -0.1) is 0 Å². The molecule has 2 heteroatoms. The first kappa shape index (κ1) is 10.1. The van der Waals surface area contributed by atoms with E-state index in [-0.39, 0.29) is 6.10 Å². The molecule has 2 rings (SSSR count). The second kappa shape index (κ2) is 3.99. The van der Waals surface area contributed by atoms with Crippen molar-refractivity contribution in [1.82, 2.24) is 4.98 Å². The Bertz CT molecular complexity index is 477. The molecule has 1 atom stereocenters. The lowest BCUT2D eigenvalue weighted by Gasteiger charge is -2.05. The lowest BCUT2D eigenvalue weighted by Crippen LogP contribution is -2.03. The standard InChI is InChI=1S/C13H15NO/c1-9-3-5-12-8-11(7-10(2)15)4-6-13(12)14-9/h3-6,8,10,15H,7H2,1-2H3/t10-/m1/s1. The van der Waals surface area contributed by atoms with Gasteiger partial charge in [0.05, 0.1) is 11.6 Å². The summed E-state index contributed by atoms with van der Waals surface area (Å²) in [5, 5.41) is 10.4. The third-order valence-corrected chi connectivity index (χ3v) is 2.42. The molecular formula is C13H15NO. The van der Waals surface area contributed by atoms with E-state index in [9.17, 15) is 5.11 Å². The highest BCUT2D eigenvalue weighted by molar-refractivity contribution is 5.79. The van der Waals surface area contributed by atoms with Gasteiger partial charge in [0.2, 0.25) is 0 Å². The fourth-order valence-corrected chi connectivity index (χ4v) is 1.75. The van der Waals surface area contributed by atoms with Gasteiger partial charge in [0, 0.05) is 11.1 Å². The largest absolute Gasteiger partial charge is 0.393 e. The van der Waals surface area contributed by atoms with E-state index >= 15 is 0 Å². The molecule has 0 aliphatic carbocycles. The number of fused-ring (bicyclic) bond motifs is 1. The van der Waals surface area contributed by atoms with Crippen LogP contribution >= 0.6 is 0 Å². The van der Waals surface area contributed by atoms with E-state index in [0.29, 0.717) is 6.42 Å². The Morgan fingerprint density at radius 3 is 2.80 bits per heavy atom. The monoisotopic (exact) mass is 201 g/mol. The van der Waals surface area contributed by atoms with Crippen LogP contribution in [-0.2, 0) is 6.42 Å². The van der Waals surface area contributed by atoms with E-state index < -0.39 is 0 Å². The number of aryl methyl sites for hydroxylation is 1. The summed E-state index contributed by atoms with van der Waals surface area (Å²) >= 11 is 0. The first-order valence-corrected chi connectivity index (χ1v) is 5.19. The molecule has 0 unspecified atom stereocenters. The Kier molecular flexibility index (Phi) is 2.69. The number of pyridine rings is 1. The predicted octanol–water partition coefficient (Wildman–Crippen LogP) is 2.47. The van der Waals surface area contributed by atoms with E-state index in [1.54, 1.807) is 6.92 Å². The number of hydrogen-bond acceptors (Lipinski definition) is 2. The van der Waals surface area contributed by atoms with Crippen molar-refractivity contribution in [1.29, 1.82) is 0 Å². The molecule has 1 aromatic carbocycles. The molecule has 78 valence electrons. The molecule has 0 aliphatic heterocycles. The molecule has 0 bridgehead atoms. The molecule has 1 heterocycles. The highest BCUT2D eigenvalue weighted by atomic mass is 16.3. The van der Waals surface area contributed by atoms with E-state index in [4.69, 9.17) is 0 Å². The quantitative estimate of drug-likeness (QED) is 0.809. The summed E-state index contributed by atoms with van der Waals surface area (Å²) < 4.78 is 0. The zero-order valence-corrected chi connectivity index (χ0v) is 9.07. The summed E-state index contributed by atoms with van der Waals surface area (Å²) in [5.74, 6) is 0. The van der Waals surface area contributed by atoms with Crippen LogP contribution in [0.25, 0.3) is 10.9 Å². The smallest absolute Gasteiger partial charge is 0.0705 e. The maximum Gasteiger partial charge on any atom is 0.0705 e. The lowest BCUT2D eigenvalue weighted by atomic mass is 10.1. The van der Waals surface area contributed by atoms with Gasteiger partial charge >= 0.3 is 0 Å². The fraction of sp³-hybridized carbons (Fsp3) is 0.308. The van der Waals surface area contributed by atoms with Crippen molar-refractivity contribution in [3.63, 3.8) is 0 Å². The summed E-state index contributed by atoms with van der Waals surface area (Å²) in [5.41, 5.74) is 3.21. The molecule has 15 heavy (non-hydrogen) atoms. The SMILES string of the molecule is Cc1ccc2cc(C[C@@H](C)O)ccc2n1. The van der Waals surface area contributed by atoms with Gasteiger partial charge in [0.15, 0.2) is 0 Å². The molecule has 2 nitrogen and oxygen atoms in total. The molecule has 0 radical (unpaired) electrons. The molecule has 0 saturated carbocycles. The first-order valence-electron chi connectivity index (χ1n) is 5.19. The zero-order chi connectivity index (χ0) is 10.8. The van der Waals surface area contributed by atoms with Gasteiger partial charge in [0.1, 0.15) is 0 Å². The van der Waals surface area contributed by atoms with Crippen LogP contribution in [-0.4, -0.2) is 16.2 Å². The number of aliphatic hydroxyl groups excluding tert-OH is 1. The first-order chi connectivity index (χ1) is 7.15. The summed E-state index contributed by atoms with van der Waals surface area (Å²) in [6.45, 7) is 3.79. The summed E-state index contributed by atoms with van der Waals surface area (Å²) in [6.07, 6.45) is 0.407. The number of hydrogen-bond donors (Lipinski definition) is 1. The minimum Gasteiger partial charge on any atom is -0.393 e. The van der Waals surface area contributed by atoms with Crippen molar-refractivity contribution in [2.45, 2.75) is 26.4 Å². The molecule has 2 aromatic rings. The van der Waals surface area contributed by atoms with Gasteiger partial charge < -0.3 is 5.11 Å². The van der Waals surface area contributed by atoms with Gasteiger partial charge in [-0.2, -0.15) is 0 Å². The Hall–Kier alpha value is -1.41. The topological polar surface area (TPSA) is 33.1 Å². The maximum atomic E-state index is 9.31. The minimum atomic E-state index is -0.291. The molecule has 0 amide bonds. The van der Waals surface area contributed by atoms with Crippen molar-refractivity contribution in [2.75, 3.05) is 0 Å². The normalized spacial score (nSPS) is 13.0. The highest BCUT2D eigenvalue weighted by Gasteiger charge is 2.01. The molecular weight excluding hydrogens is 186 g/mol. The van der Waals surface area contributed by atoms with Gasteiger partial charge in [-0.05, 0) is 44.0 Å². The number of nitrogens with zero attached hydrogens (tertiary/aromatic N) is 1. The molecule has 0 fully saturated rings. The molecule has 1 N–H and O–H groups in total. The van der Waals surface area contributed by atoms with Crippen LogP contribution < -0.4 is 0 Å². The molecule has 1 aromatic heterocycles. The Labute approximate surface area is 89.6 Å². The Balaban J connectivity index is 2.43. The second-order valence-corrected chi connectivity index (χ2v) is 4.03. The van der Waals surface area contributed by atoms with Crippen LogP contribution in [0.3, 0.4) is 0 Å². The van der Waals surface area contributed by atoms with E-state index in [1.807, 2.05) is 25.1 Å². The summed E-state index contributed by atoms with van der Waals surface area (Å²) in [4.78, 5) is 4.43. The molecule has 0 saturated heterocycles. The Morgan fingerprint density at radius 1 is 1.27 bits per heavy atom. The van der Waals surface area contributed by atoms with Crippen LogP contribution in [0.1, 0.15) is 18.2 Å². The van der Waals surface area contributed by atoms with Crippen molar-refractivity contribution in [3.05, 3.63) is 41.6 Å². The zero-order valence-electron chi connectivity index (χ0n) is 9.07. The lowest BCUT2D eigenvalue weighted by molar-refractivity contribution is 0.195. The van der Waals surface area contributed by atoms with Crippen molar-refractivity contribution in [2.24, 2.45) is 0 Å². The third-order valence-electron chi connectivity index (χ3n) is 2.42. The third kappa shape index (κ3) is 2.34. The predicted molar refractivity (Wildman–Crippen MR) is 61.9 cm³/mol. The maximum absolute atomic E-state index is 9.31. The fourth-order valence-electron chi connectivity index (χ4n) is 1.75. The average Bonchev–Trinajstić information content (AvgIpc) is 2.17. The van der Waals surface area contributed by atoms with Crippen molar-refractivity contribution < 1.29 is 5.11 Å². The number of benzene rings is 1. The van der Waals surface area contributed by atoms with Crippen LogP contribution in [0.5, 0.6) is 0 Å². The second-order valence-electron chi connectivity index (χ2n) is 4.03. The van der Waals surface area contributed by atoms with Crippen molar-refractivity contribution in [3.8, 4) is 0 Å². The van der Waals surface area contributed by atoms with Crippen LogP contribution in [0.15, 0.2) is 30.3 Å². The number of aliphatic hydroxyl groups is 1. The van der Waals surface area contributed by atoms with Crippen molar-refractivity contribution >= 4 is 10.9 Å². The Morgan fingerprint density at radius 2 is 2.07 bits per heavy atom. The van der Waals surface area contributed by atoms with E-state index in [0.717, 1.165) is 22.2 Å². The minimum absolute atomic E-state index is 0.291. The number of aromatic nitrogens is 1. The molecule has 0 spiro atoms. The van der Waals surface area contributed by atoms with Gasteiger partial charge in [-0.3, -0.25) is 4.98 Å². The van der Waals surface area contributed by atoms with Crippen LogP contribution in [0.2, 0.25) is 0 Å². The highest BCUT2D eigenvalue weighted by Crippen LogP contribution is 2.15. The van der Waals surface area contributed by atoms with Gasteiger partial charge in [-0.25, -0.2) is 0 Å². The van der Waals surface area contributed by atoms with Gasteiger partial charge in [0.25, 0.3) is 0 Å².